The summed E-state index contributed by atoms with van der Waals surface area (Å²) in [5, 5.41) is 12.2. The third-order valence-electron chi connectivity index (χ3n) is 3.72. The van der Waals surface area contributed by atoms with E-state index in [1.54, 1.807) is 16.0 Å². The van der Waals surface area contributed by atoms with Crippen LogP contribution in [0.1, 0.15) is 5.69 Å². The second-order valence-corrected chi connectivity index (χ2v) is 6.61. The Morgan fingerprint density at radius 1 is 1.04 bits per heavy atom. The standard InChI is InChI=1S/C18H13ClN4S/c1-12-17(21-22-23(12)15-9-5-8-14(19)10-15)18-20-16(11-24-18)13-6-3-2-4-7-13/h2-11H,1H3. The van der Waals surface area contributed by atoms with Gasteiger partial charge in [-0.3, -0.25) is 0 Å². The number of halogens is 1. The summed E-state index contributed by atoms with van der Waals surface area (Å²) >= 11 is 7.64. The van der Waals surface area contributed by atoms with Crippen molar-refractivity contribution < 1.29 is 0 Å². The highest BCUT2D eigenvalue weighted by Crippen LogP contribution is 2.30. The van der Waals surface area contributed by atoms with Gasteiger partial charge in [0, 0.05) is 16.0 Å². The molecule has 6 heteroatoms. The average molecular weight is 353 g/mol. The van der Waals surface area contributed by atoms with E-state index in [0.717, 1.165) is 33.3 Å². The maximum absolute atomic E-state index is 6.07. The first-order valence-electron chi connectivity index (χ1n) is 7.42. The summed E-state index contributed by atoms with van der Waals surface area (Å²) in [5.74, 6) is 0. The van der Waals surface area contributed by atoms with Gasteiger partial charge in [-0.25, -0.2) is 9.67 Å². The van der Waals surface area contributed by atoms with E-state index in [1.807, 2.05) is 54.8 Å². The van der Waals surface area contributed by atoms with Gasteiger partial charge in [-0.2, -0.15) is 0 Å². The zero-order valence-corrected chi connectivity index (χ0v) is 14.4. The van der Waals surface area contributed by atoms with E-state index in [9.17, 15) is 0 Å². The highest BCUT2D eigenvalue weighted by molar-refractivity contribution is 7.13. The molecule has 0 fully saturated rings. The first-order valence-corrected chi connectivity index (χ1v) is 8.68. The maximum atomic E-state index is 6.07. The van der Waals surface area contributed by atoms with Crippen molar-refractivity contribution in [3.63, 3.8) is 0 Å². The van der Waals surface area contributed by atoms with Crippen molar-refractivity contribution in [3.8, 4) is 27.6 Å². The molecule has 0 aliphatic carbocycles. The van der Waals surface area contributed by atoms with Crippen molar-refractivity contribution in [2.75, 3.05) is 0 Å². The molecule has 2 aromatic heterocycles. The smallest absolute Gasteiger partial charge is 0.146 e. The van der Waals surface area contributed by atoms with Gasteiger partial charge < -0.3 is 0 Å². The molecule has 0 spiro atoms. The topological polar surface area (TPSA) is 43.6 Å². The molecule has 0 atom stereocenters. The molecule has 0 saturated heterocycles. The Bertz CT molecular complexity index is 991. The van der Waals surface area contributed by atoms with Crippen LogP contribution in [0.15, 0.2) is 60.0 Å². The van der Waals surface area contributed by atoms with Gasteiger partial charge >= 0.3 is 0 Å². The van der Waals surface area contributed by atoms with E-state index in [2.05, 4.69) is 22.4 Å². The van der Waals surface area contributed by atoms with E-state index in [-0.39, 0.29) is 0 Å². The fourth-order valence-electron chi connectivity index (χ4n) is 2.50. The summed E-state index contributed by atoms with van der Waals surface area (Å²) < 4.78 is 1.78. The fraction of sp³-hybridized carbons (Fsp3) is 0.0556. The summed E-state index contributed by atoms with van der Waals surface area (Å²) in [7, 11) is 0. The lowest BCUT2D eigenvalue weighted by atomic mass is 10.2. The van der Waals surface area contributed by atoms with Gasteiger partial charge in [-0.15, -0.1) is 16.4 Å². The number of nitrogens with zero attached hydrogens (tertiary/aromatic N) is 4. The summed E-state index contributed by atoms with van der Waals surface area (Å²) in [6.45, 7) is 1.99. The molecule has 2 heterocycles. The van der Waals surface area contributed by atoms with Gasteiger partial charge in [0.05, 0.1) is 17.1 Å². The normalized spacial score (nSPS) is 10.9. The molecule has 0 aliphatic rings. The van der Waals surface area contributed by atoms with Crippen LogP contribution in [-0.2, 0) is 0 Å². The molecule has 118 valence electrons. The Morgan fingerprint density at radius 3 is 2.67 bits per heavy atom. The van der Waals surface area contributed by atoms with Crippen molar-refractivity contribution in [1.29, 1.82) is 0 Å². The summed E-state index contributed by atoms with van der Waals surface area (Å²) in [6, 6.07) is 17.7. The summed E-state index contributed by atoms with van der Waals surface area (Å²) in [4.78, 5) is 4.71. The molecule has 0 radical (unpaired) electrons. The molecule has 0 bridgehead atoms. The van der Waals surface area contributed by atoms with Crippen LogP contribution >= 0.6 is 22.9 Å². The van der Waals surface area contributed by atoms with Crippen molar-refractivity contribution >= 4 is 22.9 Å². The molecule has 0 aliphatic heterocycles. The van der Waals surface area contributed by atoms with E-state index in [0.29, 0.717) is 5.02 Å². The molecule has 2 aromatic carbocycles. The van der Waals surface area contributed by atoms with Crippen molar-refractivity contribution in [2.24, 2.45) is 0 Å². The molecule has 0 N–H and O–H groups in total. The number of aromatic nitrogens is 4. The van der Waals surface area contributed by atoms with Crippen LogP contribution < -0.4 is 0 Å². The van der Waals surface area contributed by atoms with Crippen LogP contribution in [-0.4, -0.2) is 20.0 Å². The fourth-order valence-corrected chi connectivity index (χ4v) is 3.55. The first-order chi connectivity index (χ1) is 11.7. The van der Waals surface area contributed by atoms with E-state index in [1.165, 1.54) is 0 Å². The van der Waals surface area contributed by atoms with Crippen molar-refractivity contribution in [1.82, 2.24) is 20.0 Å². The van der Waals surface area contributed by atoms with E-state index < -0.39 is 0 Å². The van der Waals surface area contributed by atoms with Crippen LogP contribution in [0.2, 0.25) is 5.02 Å². The third kappa shape index (κ3) is 2.72. The van der Waals surface area contributed by atoms with Crippen LogP contribution in [0.25, 0.3) is 27.6 Å². The highest BCUT2D eigenvalue weighted by Gasteiger charge is 2.16. The molecular formula is C18H13ClN4S. The van der Waals surface area contributed by atoms with Gasteiger partial charge in [0.1, 0.15) is 10.7 Å². The lowest BCUT2D eigenvalue weighted by Crippen LogP contribution is -1.98. The number of benzene rings is 2. The average Bonchev–Trinajstić information content (AvgIpc) is 3.22. The Hall–Kier alpha value is -2.50. The molecule has 4 rings (SSSR count). The number of rotatable bonds is 3. The lowest BCUT2D eigenvalue weighted by molar-refractivity contribution is 0.785. The minimum atomic E-state index is 0.671. The molecule has 0 amide bonds. The van der Waals surface area contributed by atoms with E-state index >= 15 is 0 Å². The van der Waals surface area contributed by atoms with Crippen molar-refractivity contribution in [2.45, 2.75) is 6.92 Å². The predicted octanol–water partition coefficient (Wildman–Crippen LogP) is 5.02. The minimum Gasteiger partial charge on any atom is -0.234 e. The lowest BCUT2D eigenvalue weighted by Gasteiger charge is -2.03. The molecule has 24 heavy (non-hydrogen) atoms. The van der Waals surface area contributed by atoms with Crippen LogP contribution in [0.5, 0.6) is 0 Å². The zero-order chi connectivity index (χ0) is 16.5. The van der Waals surface area contributed by atoms with Crippen LogP contribution in [0.3, 0.4) is 0 Å². The molecule has 4 aromatic rings. The van der Waals surface area contributed by atoms with Gasteiger partial charge in [-0.05, 0) is 25.1 Å². The van der Waals surface area contributed by atoms with Gasteiger partial charge in [0.25, 0.3) is 0 Å². The predicted molar refractivity (Wildman–Crippen MR) is 97.7 cm³/mol. The monoisotopic (exact) mass is 352 g/mol. The second kappa shape index (κ2) is 6.19. The maximum Gasteiger partial charge on any atom is 0.146 e. The number of thiazole rings is 1. The van der Waals surface area contributed by atoms with E-state index in [4.69, 9.17) is 16.6 Å². The number of hydrogen-bond donors (Lipinski definition) is 0. The Kier molecular flexibility index (Phi) is 3.88. The van der Waals surface area contributed by atoms with Crippen LogP contribution in [0, 0.1) is 6.92 Å². The van der Waals surface area contributed by atoms with Crippen molar-refractivity contribution in [3.05, 3.63) is 70.7 Å². The van der Waals surface area contributed by atoms with Crippen LogP contribution in [0.4, 0.5) is 0 Å². The number of hydrogen-bond acceptors (Lipinski definition) is 4. The summed E-state index contributed by atoms with van der Waals surface area (Å²) in [6.07, 6.45) is 0. The first kappa shape index (κ1) is 15.1. The largest absolute Gasteiger partial charge is 0.234 e. The Labute approximate surface area is 148 Å². The Morgan fingerprint density at radius 2 is 1.88 bits per heavy atom. The quantitative estimate of drug-likeness (QED) is 0.520. The molecule has 0 unspecified atom stereocenters. The Balaban J connectivity index is 1.73. The van der Waals surface area contributed by atoms with Gasteiger partial charge in [0.2, 0.25) is 0 Å². The molecule has 4 nitrogen and oxygen atoms in total. The highest BCUT2D eigenvalue weighted by atomic mass is 35.5. The van der Waals surface area contributed by atoms with Gasteiger partial charge in [0.15, 0.2) is 0 Å². The second-order valence-electron chi connectivity index (χ2n) is 5.32. The SMILES string of the molecule is Cc1c(-c2nc(-c3ccccc3)cs2)nnn1-c1cccc(Cl)c1. The third-order valence-corrected chi connectivity index (χ3v) is 4.81. The van der Waals surface area contributed by atoms with Gasteiger partial charge in [-0.1, -0.05) is 53.2 Å². The summed E-state index contributed by atoms with van der Waals surface area (Å²) in [5.41, 5.74) is 4.67. The minimum absolute atomic E-state index is 0.671. The molecule has 0 saturated carbocycles. The molecular weight excluding hydrogens is 340 g/mol. The zero-order valence-electron chi connectivity index (χ0n) is 12.8.